The van der Waals surface area contributed by atoms with Gasteiger partial charge < -0.3 is 10.3 Å². The van der Waals surface area contributed by atoms with Crippen LogP contribution in [0.4, 0.5) is 0 Å². The van der Waals surface area contributed by atoms with Crippen LogP contribution in [0.1, 0.15) is 30.0 Å². The van der Waals surface area contributed by atoms with Crippen LogP contribution in [0.25, 0.3) is 22.3 Å². The Kier molecular flexibility index (Phi) is 3.20. The van der Waals surface area contributed by atoms with E-state index in [4.69, 9.17) is 17.3 Å². The molecule has 0 saturated heterocycles. The first-order valence-electron chi connectivity index (χ1n) is 7.68. The number of benzene rings is 1. The van der Waals surface area contributed by atoms with E-state index in [2.05, 4.69) is 20.8 Å². The maximum Gasteiger partial charge on any atom is 0.226 e. The maximum absolute atomic E-state index is 11.7. The second-order valence-corrected chi connectivity index (χ2v) is 6.54. The number of nitrogens with two attached hydrogens (primary N) is 1. The van der Waals surface area contributed by atoms with Crippen molar-refractivity contribution >= 4 is 28.4 Å². The van der Waals surface area contributed by atoms with Gasteiger partial charge in [-0.2, -0.15) is 5.10 Å². The van der Waals surface area contributed by atoms with Gasteiger partial charge in [0.2, 0.25) is 5.91 Å². The van der Waals surface area contributed by atoms with Gasteiger partial charge in [-0.1, -0.05) is 11.6 Å². The summed E-state index contributed by atoms with van der Waals surface area (Å²) in [5.74, 6) is -0.547. The Hall–Kier alpha value is -2.27. The largest absolute Gasteiger partial charge is 0.369 e. The fraction of sp³-hybridized carbons (Fsp3) is 0.294. The monoisotopic (exact) mass is 328 g/mol. The summed E-state index contributed by atoms with van der Waals surface area (Å²) < 4.78 is 2.11. The van der Waals surface area contributed by atoms with Crippen molar-refractivity contribution in [3.63, 3.8) is 0 Å². The summed E-state index contributed by atoms with van der Waals surface area (Å²) in [6.07, 6.45) is 2.64. The Labute approximate surface area is 138 Å². The van der Waals surface area contributed by atoms with Crippen molar-refractivity contribution in [3.8, 4) is 11.4 Å². The second-order valence-electron chi connectivity index (χ2n) is 6.10. The molecule has 1 aromatic carbocycles. The molecule has 3 aromatic rings. The molecule has 1 atom stereocenters. The first-order chi connectivity index (χ1) is 11.1. The number of hydrogen-bond acceptors (Lipinski definition) is 2. The predicted octanol–water partition coefficient (Wildman–Crippen LogP) is 3.13. The van der Waals surface area contributed by atoms with E-state index in [1.807, 2.05) is 25.2 Å². The molecule has 4 rings (SSSR count). The van der Waals surface area contributed by atoms with Gasteiger partial charge in [-0.3, -0.25) is 9.89 Å². The van der Waals surface area contributed by atoms with E-state index < -0.39 is 0 Å². The summed E-state index contributed by atoms with van der Waals surface area (Å²) >= 11 is 6.09. The van der Waals surface area contributed by atoms with Crippen molar-refractivity contribution in [1.29, 1.82) is 0 Å². The SMILES string of the molecule is Cn1c(-c2n[nH]c3c2CCCC3C(N)=O)cc2cc(Cl)ccc21. The van der Waals surface area contributed by atoms with Crippen LogP contribution in [0.2, 0.25) is 5.02 Å². The van der Waals surface area contributed by atoms with E-state index in [0.717, 1.165) is 52.8 Å². The Morgan fingerprint density at radius 2 is 2.26 bits per heavy atom. The highest BCUT2D eigenvalue weighted by atomic mass is 35.5. The molecule has 0 aliphatic heterocycles. The van der Waals surface area contributed by atoms with Gasteiger partial charge >= 0.3 is 0 Å². The summed E-state index contributed by atoms with van der Waals surface area (Å²) in [6.45, 7) is 0. The molecule has 3 N–H and O–H groups in total. The molecule has 5 nitrogen and oxygen atoms in total. The van der Waals surface area contributed by atoms with Gasteiger partial charge in [0.25, 0.3) is 0 Å². The van der Waals surface area contributed by atoms with Crippen LogP contribution in [0.15, 0.2) is 24.3 Å². The number of carbonyl (C=O) groups excluding carboxylic acids is 1. The number of aromatic nitrogens is 3. The lowest BCUT2D eigenvalue weighted by atomic mass is 9.86. The fourth-order valence-corrected chi connectivity index (χ4v) is 3.77. The average Bonchev–Trinajstić information content (AvgIpc) is 3.08. The lowest BCUT2D eigenvalue weighted by Crippen LogP contribution is -2.25. The number of amides is 1. The number of aryl methyl sites for hydroxylation is 1. The summed E-state index contributed by atoms with van der Waals surface area (Å²) in [5, 5.41) is 9.33. The van der Waals surface area contributed by atoms with Crippen LogP contribution in [0.3, 0.4) is 0 Å². The van der Waals surface area contributed by atoms with Gasteiger partial charge in [0.1, 0.15) is 5.69 Å². The lowest BCUT2D eigenvalue weighted by Gasteiger charge is -2.19. The molecule has 2 heterocycles. The molecule has 1 amide bonds. The predicted molar refractivity (Wildman–Crippen MR) is 90.4 cm³/mol. The Morgan fingerprint density at radius 1 is 1.43 bits per heavy atom. The number of nitrogens with one attached hydrogen (secondary N) is 1. The third-order valence-electron chi connectivity index (χ3n) is 4.76. The number of hydrogen-bond donors (Lipinski definition) is 2. The van der Waals surface area contributed by atoms with Crippen molar-refractivity contribution in [3.05, 3.63) is 40.5 Å². The van der Waals surface area contributed by atoms with Gasteiger partial charge in [0.05, 0.1) is 17.3 Å². The van der Waals surface area contributed by atoms with Crippen molar-refractivity contribution in [2.45, 2.75) is 25.2 Å². The van der Waals surface area contributed by atoms with E-state index in [1.165, 1.54) is 0 Å². The van der Waals surface area contributed by atoms with Crippen molar-refractivity contribution in [1.82, 2.24) is 14.8 Å². The van der Waals surface area contributed by atoms with Crippen molar-refractivity contribution in [2.24, 2.45) is 12.8 Å². The van der Waals surface area contributed by atoms with Crippen LogP contribution >= 0.6 is 11.6 Å². The Balaban J connectivity index is 1.89. The molecule has 1 aliphatic carbocycles. The molecule has 23 heavy (non-hydrogen) atoms. The minimum absolute atomic E-state index is 0.260. The van der Waals surface area contributed by atoms with Gasteiger partial charge in [-0.25, -0.2) is 0 Å². The van der Waals surface area contributed by atoms with Gasteiger partial charge in [-0.05, 0) is 43.5 Å². The topological polar surface area (TPSA) is 76.7 Å². The number of primary amides is 1. The van der Waals surface area contributed by atoms with E-state index >= 15 is 0 Å². The highest BCUT2D eigenvalue weighted by Gasteiger charge is 2.30. The van der Waals surface area contributed by atoms with Gasteiger partial charge in [0.15, 0.2) is 0 Å². The van der Waals surface area contributed by atoms with Gasteiger partial charge in [0, 0.05) is 28.5 Å². The smallest absolute Gasteiger partial charge is 0.226 e. The molecule has 1 aliphatic rings. The number of aromatic amines is 1. The van der Waals surface area contributed by atoms with Crippen LogP contribution < -0.4 is 5.73 Å². The number of nitrogens with zero attached hydrogens (tertiary/aromatic N) is 2. The molecule has 0 spiro atoms. The maximum atomic E-state index is 11.7. The van der Waals surface area contributed by atoms with Crippen LogP contribution in [-0.4, -0.2) is 20.7 Å². The summed E-state index contributed by atoms with van der Waals surface area (Å²) in [7, 11) is 2.01. The van der Waals surface area contributed by atoms with Crippen LogP contribution in [0, 0.1) is 0 Å². The molecule has 2 aromatic heterocycles. The normalized spacial score (nSPS) is 17.4. The summed E-state index contributed by atoms with van der Waals surface area (Å²) in [4.78, 5) is 11.7. The Morgan fingerprint density at radius 3 is 3.04 bits per heavy atom. The number of fused-ring (bicyclic) bond motifs is 2. The number of carbonyl (C=O) groups is 1. The molecule has 118 valence electrons. The number of H-pyrrole nitrogens is 1. The highest BCUT2D eigenvalue weighted by Crippen LogP contribution is 2.37. The molecular weight excluding hydrogens is 312 g/mol. The van der Waals surface area contributed by atoms with Gasteiger partial charge in [-0.15, -0.1) is 0 Å². The first kappa shape index (κ1) is 14.3. The fourth-order valence-electron chi connectivity index (χ4n) is 3.59. The molecule has 1 unspecified atom stereocenters. The Bertz CT molecular complexity index is 924. The van der Waals surface area contributed by atoms with Crippen LogP contribution in [0.5, 0.6) is 0 Å². The molecule has 0 bridgehead atoms. The van der Waals surface area contributed by atoms with Crippen LogP contribution in [-0.2, 0) is 18.3 Å². The van der Waals surface area contributed by atoms with E-state index in [-0.39, 0.29) is 11.8 Å². The third-order valence-corrected chi connectivity index (χ3v) is 4.99. The average molecular weight is 329 g/mol. The van der Waals surface area contributed by atoms with Crippen molar-refractivity contribution < 1.29 is 4.79 Å². The van der Waals surface area contributed by atoms with E-state index in [1.54, 1.807) is 0 Å². The quantitative estimate of drug-likeness (QED) is 0.758. The minimum atomic E-state index is -0.287. The zero-order chi connectivity index (χ0) is 16.1. The zero-order valence-electron chi connectivity index (χ0n) is 12.8. The highest BCUT2D eigenvalue weighted by molar-refractivity contribution is 6.31. The molecule has 0 fully saturated rings. The molecule has 6 heteroatoms. The standard InChI is InChI=1S/C17H17ClN4O/c1-22-13-6-5-10(18)7-9(13)8-14(22)16-11-3-2-4-12(17(19)23)15(11)20-21-16/h5-8,12H,2-4H2,1H3,(H2,19,23)(H,20,21). The second kappa shape index (κ2) is 5.13. The lowest BCUT2D eigenvalue weighted by molar-refractivity contribution is -0.119. The van der Waals surface area contributed by atoms with Crippen molar-refractivity contribution in [2.75, 3.05) is 0 Å². The minimum Gasteiger partial charge on any atom is -0.369 e. The zero-order valence-corrected chi connectivity index (χ0v) is 13.5. The third kappa shape index (κ3) is 2.15. The van der Waals surface area contributed by atoms with E-state index in [9.17, 15) is 4.79 Å². The number of rotatable bonds is 2. The molecule has 0 radical (unpaired) electrons. The first-order valence-corrected chi connectivity index (χ1v) is 8.06. The molecule has 0 saturated carbocycles. The molecular formula is C17H17ClN4O. The summed E-state index contributed by atoms with van der Waals surface area (Å²) in [6, 6.07) is 7.93. The van der Waals surface area contributed by atoms with E-state index in [0.29, 0.717) is 5.02 Å². The number of halogens is 1. The summed E-state index contributed by atoms with van der Waals surface area (Å²) in [5.41, 5.74) is 10.5.